The molecule has 2 rings (SSSR count). The average molecular weight is 301 g/mol. The molecule has 0 bridgehead atoms. The number of nitrogens with zero attached hydrogens (tertiary/aromatic N) is 1. The number of nitrogens with one attached hydrogen (secondary N) is 2. The maximum Gasteiger partial charge on any atom is 0.251 e. The number of hydrogen-bond acceptors (Lipinski definition) is 3. The van der Waals surface area contributed by atoms with E-state index in [-0.39, 0.29) is 24.4 Å². The van der Waals surface area contributed by atoms with Crippen molar-refractivity contribution < 1.29 is 14.0 Å². The Morgan fingerprint density at radius 3 is 2.59 bits per heavy atom. The Labute approximate surface area is 127 Å². The van der Waals surface area contributed by atoms with Gasteiger partial charge in [-0.25, -0.2) is 4.39 Å². The van der Waals surface area contributed by atoms with E-state index in [4.69, 9.17) is 0 Å². The van der Waals surface area contributed by atoms with Gasteiger partial charge >= 0.3 is 0 Å². The van der Waals surface area contributed by atoms with Crippen LogP contribution < -0.4 is 10.6 Å². The summed E-state index contributed by atoms with van der Waals surface area (Å²) in [6.07, 6.45) is 3.27. The minimum absolute atomic E-state index is 0.127. The van der Waals surface area contributed by atoms with E-state index in [2.05, 4.69) is 15.6 Å². The molecule has 0 spiro atoms. The van der Waals surface area contributed by atoms with Gasteiger partial charge in [-0.1, -0.05) is 6.07 Å². The molecule has 0 aliphatic carbocycles. The highest BCUT2D eigenvalue weighted by Gasteiger charge is 2.09. The highest BCUT2D eigenvalue weighted by Crippen LogP contribution is 2.09. The van der Waals surface area contributed by atoms with E-state index in [0.29, 0.717) is 11.3 Å². The van der Waals surface area contributed by atoms with Crippen LogP contribution in [0.15, 0.2) is 42.7 Å². The van der Waals surface area contributed by atoms with Crippen molar-refractivity contribution in [2.24, 2.45) is 0 Å². The Kier molecular flexibility index (Phi) is 5.19. The molecule has 0 aliphatic rings. The third kappa shape index (κ3) is 4.37. The van der Waals surface area contributed by atoms with Crippen molar-refractivity contribution >= 4 is 17.5 Å². The summed E-state index contributed by atoms with van der Waals surface area (Å²) < 4.78 is 13.4. The molecule has 0 unspecified atom stereocenters. The number of carbonyl (C=O) groups is 2. The van der Waals surface area contributed by atoms with Crippen LogP contribution in [0.3, 0.4) is 0 Å². The van der Waals surface area contributed by atoms with Crippen molar-refractivity contribution in [3.05, 3.63) is 59.7 Å². The molecule has 0 saturated carbocycles. The lowest BCUT2D eigenvalue weighted by Gasteiger charge is -2.07. The van der Waals surface area contributed by atoms with Gasteiger partial charge in [-0.2, -0.15) is 0 Å². The van der Waals surface area contributed by atoms with Crippen molar-refractivity contribution in [3.8, 4) is 0 Å². The van der Waals surface area contributed by atoms with Crippen molar-refractivity contribution in [1.82, 2.24) is 10.3 Å². The summed E-state index contributed by atoms with van der Waals surface area (Å²) in [7, 11) is 0. The monoisotopic (exact) mass is 301 g/mol. The lowest BCUT2D eigenvalue weighted by atomic mass is 10.1. The number of hydrogen-bond donors (Lipinski definition) is 2. The first kappa shape index (κ1) is 15.6. The van der Waals surface area contributed by atoms with Crippen molar-refractivity contribution in [2.45, 2.75) is 13.3 Å². The molecule has 1 aromatic heterocycles. The summed E-state index contributed by atoms with van der Waals surface area (Å²) in [6.45, 7) is 1.80. The van der Waals surface area contributed by atoms with Crippen LogP contribution in [0.1, 0.15) is 22.3 Å². The number of halogens is 1. The minimum atomic E-state index is -0.428. The highest BCUT2D eigenvalue weighted by atomic mass is 19.1. The van der Waals surface area contributed by atoms with Crippen LogP contribution >= 0.6 is 0 Å². The Morgan fingerprint density at radius 1 is 1.18 bits per heavy atom. The molecule has 0 atom stereocenters. The van der Waals surface area contributed by atoms with Crippen molar-refractivity contribution in [3.63, 3.8) is 0 Å². The van der Waals surface area contributed by atoms with Crippen molar-refractivity contribution in [2.75, 3.05) is 11.9 Å². The topological polar surface area (TPSA) is 71.1 Å². The highest BCUT2D eigenvalue weighted by molar-refractivity contribution is 5.95. The standard InChI is InChI=1S/C16H16FN3O2/c1-11-2-3-12(10-14(11)17)16(22)19-9-6-15(21)20-13-4-7-18-8-5-13/h2-5,7-8,10H,6,9H2,1H3,(H,19,22)(H,18,20,21). The van der Waals surface area contributed by atoms with Gasteiger partial charge in [-0.05, 0) is 36.8 Å². The molecule has 22 heavy (non-hydrogen) atoms. The quantitative estimate of drug-likeness (QED) is 0.890. The summed E-state index contributed by atoms with van der Waals surface area (Å²) in [4.78, 5) is 27.4. The largest absolute Gasteiger partial charge is 0.352 e. The molecular weight excluding hydrogens is 285 g/mol. The molecule has 6 heteroatoms. The molecule has 2 N–H and O–H groups in total. The van der Waals surface area contributed by atoms with Crippen LogP contribution in [0, 0.1) is 12.7 Å². The van der Waals surface area contributed by atoms with E-state index < -0.39 is 11.7 Å². The third-order valence-corrected chi connectivity index (χ3v) is 3.04. The van der Waals surface area contributed by atoms with Crippen LogP contribution in [0.2, 0.25) is 0 Å². The van der Waals surface area contributed by atoms with Crippen molar-refractivity contribution in [1.29, 1.82) is 0 Å². The SMILES string of the molecule is Cc1ccc(C(=O)NCCC(=O)Nc2ccncc2)cc1F. The van der Waals surface area contributed by atoms with Crippen LogP contribution in [0.4, 0.5) is 10.1 Å². The zero-order valence-electron chi connectivity index (χ0n) is 12.1. The number of rotatable bonds is 5. The first-order chi connectivity index (χ1) is 10.6. The molecule has 0 fully saturated rings. The van der Waals surface area contributed by atoms with E-state index in [1.54, 1.807) is 43.6 Å². The van der Waals surface area contributed by atoms with E-state index in [9.17, 15) is 14.0 Å². The predicted octanol–water partition coefficient (Wildman–Crippen LogP) is 2.29. The third-order valence-electron chi connectivity index (χ3n) is 3.04. The van der Waals surface area contributed by atoms with Gasteiger partial charge in [0.05, 0.1) is 0 Å². The van der Waals surface area contributed by atoms with Gasteiger partial charge in [0.1, 0.15) is 5.82 Å². The smallest absolute Gasteiger partial charge is 0.251 e. The van der Waals surface area contributed by atoms with Crippen LogP contribution in [-0.2, 0) is 4.79 Å². The molecule has 0 radical (unpaired) electrons. The lowest BCUT2D eigenvalue weighted by molar-refractivity contribution is -0.116. The zero-order valence-corrected chi connectivity index (χ0v) is 12.1. The molecule has 0 aliphatic heterocycles. The van der Waals surface area contributed by atoms with Crippen LogP contribution in [0.5, 0.6) is 0 Å². The molecule has 0 saturated heterocycles. The molecule has 2 amide bonds. The normalized spacial score (nSPS) is 10.1. The Morgan fingerprint density at radius 2 is 1.91 bits per heavy atom. The minimum Gasteiger partial charge on any atom is -0.352 e. The number of carbonyl (C=O) groups excluding carboxylic acids is 2. The molecule has 5 nitrogen and oxygen atoms in total. The molecule has 114 valence electrons. The fraction of sp³-hybridized carbons (Fsp3) is 0.188. The number of benzene rings is 1. The number of aromatic nitrogens is 1. The second-order valence-corrected chi connectivity index (χ2v) is 4.75. The summed E-state index contributed by atoms with van der Waals surface area (Å²) in [5.41, 5.74) is 1.36. The van der Waals surface area contributed by atoms with Gasteiger partial charge in [-0.3, -0.25) is 14.6 Å². The first-order valence-corrected chi connectivity index (χ1v) is 6.80. The summed E-state index contributed by atoms with van der Waals surface area (Å²) >= 11 is 0. The fourth-order valence-electron chi connectivity index (χ4n) is 1.78. The van der Waals surface area contributed by atoms with Gasteiger partial charge in [-0.15, -0.1) is 0 Å². The van der Waals surface area contributed by atoms with E-state index in [1.165, 1.54) is 6.07 Å². The number of anilines is 1. The Balaban J connectivity index is 1.79. The Bertz CT molecular complexity index is 674. The number of pyridine rings is 1. The van der Waals surface area contributed by atoms with E-state index in [0.717, 1.165) is 0 Å². The molecular formula is C16H16FN3O2. The fourth-order valence-corrected chi connectivity index (χ4v) is 1.78. The summed E-state index contributed by atoms with van der Waals surface area (Å²) in [5.74, 6) is -1.06. The van der Waals surface area contributed by atoms with Gasteiger partial charge in [0.15, 0.2) is 0 Å². The van der Waals surface area contributed by atoms with E-state index >= 15 is 0 Å². The van der Waals surface area contributed by atoms with Crippen LogP contribution in [0.25, 0.3) is 0 Å². The Hall–Kier alpha value is -2.76. The zero-order chi connectivity index (χ0) is 15.9. The van der Waals surface area contributed by atoms with Gasteiger partial charge in [0.2, 0.25) is 5.91 Å². The van der Waals surface area contributed by atoms with E-state index in [1.807, 2.05) is 0 Å². The van der Waals surface area contributed by atoms with Crippen LogP contribution in [-0.4, -0.2) is 23.3 Å². The maximum absolute atomic E-state index is 13.4. The second kappa shape index (κ2) is 7.31. The number of aryl methyl sites for hydroxylation is 1. The predicted molar refractivity (Wildman–Crippen MR) is 81.0 cm³/mol. The average Bonchev–Trinajstić information content (AvgIpc) is 2.51. The molecule has 1 heterocycles. The lowest BCUT2D eigenvalue weighted by Crippen LogP contribution is -2.27. The van der Waals surface area contributed by atoms with Gasteiger partial charge in [0.25, 0.3) is 5.91 Å². The maximum atomic E-state index is 13.4. The molecule has 2 aromatic rings. The summed E-state index contributed by atoms with van der Waals surface area (Å²) in [6, 6.07) is 7.62. The van der Waals surface area contributed by atoms with Gasteiger partial charge in [0, 0.05) is 36.6 Å². The first-order valence-electron chi connectivity index (χ1n) is 6.80. The molecule has 1 aromatic carbocycles. The number of amides is 2. The second-order valence-electron chi connectivity index (χ2n) is 4.75. The summed E-state index contributed by atoms with van der Waals surface area (Å²) in [5, 5.41) is 5.27. The van der Waals surface area contributed by atoms with Gasteiger partial charge < -0.3 is 10.6 Å².